The zero-order chi connectivity index (χ0) is 13.0. The van der Waals surface area contributed by atoms with E-state index in [4.69, 9.17) is 5.11 Å². The fraction of sp³-hybridized carbons (Fsp3) is 0.308. The van der Waals surface area contributed by atoms with Gasteiger partial charge in [-0.15, -0.1) is 0 Å². The third-order valence-electron chi connectivity index (χ3n) is 3.56. The summed E-state index contributed by atoms with van der Waals surface area (Å²) in [6, 6.07) is 4.51. The fourth-order valence-electron chi connectivity index (χ4n) is 2.46. The highest BCUT2D eigenvalue weighted by Crippen LogP contribution is 2.48. The highest BCUT2D eigenvalue weighted by atomic mass is 16.4. The molecule has 2 amide bonds. The number of rotatable bonds is 2. The summed E-state index contributed by atoms with van der Waals surface area (Å²) < 4.78 is 0. The van der Waals surface area contributed by atoms with E-state index in [2.05, 4.69) is 0 Å². The van der Waals surface area contributed by atoms with Crippen molar-refractivity contribution < 1.29 is 19.5 Å². The predicted molar refractivity (Wildman–Crippen MR) is 62.2 cm³/mol. The van der Waals surface area contributed by atoms with Gasteiger partial charge >= 0.3 is 5.97 Å². The molecule has 0 bridgehead atoms. The van der Waals surface area contributed by atoms with Crippen molar-refractivity contribution in [1.29, 1.82) is 0 Å². The number of nitrogens with zero attached hydrogens (tertiary/aromatic N) is 1. The summed E-state index contributed by atoms with van der Waals surface area (Å²) in [6.45, 7) is 1.65. The van der Waals surface area contributed by atoms with Gasteiger partial charge in [-0.1, -0.05) is 0 Å². The van der Waals surface area contributed by atoms with Gasteiger partial charge in [0.05, 0.1) is 23.1 Å². The molecule has 1 heterocycles. The first-order valence-corrected chi connectivity index (χ1v) is 5.72. The lowest BCUT2D eigenvalue weighted by atomic mass is 10.1. The van der Waals surface area contributed by atoms with Gasteiger partial charge in [0, 0.05) is 0 Å². The van der Waals surface area contributed by atoms with Gasteiger partial charge in [-0.3, -0.25) is 14.5 Å². The third-order valence-corrected chi connectivity index (χ3v) is 3.56. The SMILES string of the molecule is Cc1cc(N2C(=O)C3CC3C2=O)ccc1C(=O)O. The van der Waals surface area contributed by atoms with Gasteiger partial charge in [0.2, 0.25) is 11.8 Å². The predicted octanol–water partition coefficient (Wildman–Crippen LogP) is 1.20. The number of fused-ring (bicyclic) bond motifs is 1. The van der Waals surface area contributed by atoms with E-state index in [1.807, 2.05) is 0 Å². The maximum absolute atomic E-state index is 11.9. The number of anilines is 1. The molecule has 2 atom stereocenters. The molecule has 18 heavy (non-hydrogen) atoms. The number of carbonyl (C=O) groups excluding carboxylic acids is 2. The maximum atomic E-state index is 11.9. The van der Waals surface area contributed by atoms with Crippen LogP contribution in [0.25, 0.3) is 0 Å². The summed E-state index contributed by atoms with van der Waals surface area (Å²) in [5.74, 6) is -1.62. The number of aryl methyl sites for hydroxylation is 1. The molecule has 1 aromatic carbocycles. The molecule has 1 N–H and O–H groups in total. The lowest BCUT2D eigenvalue weighted by Gasteiger charge is -2.17. The highest BCUT2D eigenvalue weighted by molar-refractivity contribution is 6.24. The lowest BCUT2D eigenvalue weighted by molar-refractivity contribution is -0.123. The summed E-state index contributed by atoms with van der Waals surface area (Å²) in [7, 11) is 0. The average Bonchev–Trinajstić information content (AvgIpc) is 3.03. The number of hydrogen-bond acceptors (Lipinski definition) is 3. The van der Waals surface area contributed by atoms with Crippen LogP contribution >= 0.6 is 0 Å². The van der Waals surface area contributed by atoms with Gasteiger partial charge < -0.3 is 5.11 Å². The zero-order valence-electron chi connectivity index (χ0n) is 9.71. The smallest absolute Gasteiger partial charge is 0.335 e. The Kier molecular flexibility index (Phi) is 2.08. The number of imide groups is 1. The Labute approximate surface area is 103 Å². The van der Waals surface area contributed by atoms with Crippen LogP contribution in [-0.2, 0) is 9.59 Å². The molecular weight excluding hydrogens is 234 g/mol. The minimum absolute atomic E-state index is 0.142. The first-order valence-electron chi connectivity index (χ1n) is 5.72. The maximum Gasteiger partial charge on any atom is 0.335 e. The first-order chi connectivity index (χ1) is 8.50. The van der Waals surface area contributed by atoms with Gasteiger partial charge in [0.1, 0.15) is 0 Å². The molecule has 0 spiro atoms. The van der Waals surface area contributed by atoms with Gasteiger partial charge in [-0.2, -0.15) is 0 Å². The number of carbonyl (C=O) groups is 3. The van der Waals surface area contributed by atoms with Gasteiger partial charge in [-0.25, -0.2) is 4.79 Å². The second kappa shape index (κ2) is 3.41. The second-order valence-corrected chi connectivity index (χ2v) is 4.76. The van der Waals surface area contributed by atoms with Crippen LogP contribution in [0.2, 0.25) is 0 Å². The molecule has 5 nitrogen and oxygen atoms in total. The molecule has 2 unspecified atom stereocenters. The molecule has 1 aliphatic carbocycles. The Bertz CT molecular complexity index is 573. The van der Waals surface area contributed by atoms with Gasteiger partial charge in [0.15, 0.2) is 0 Å². The van der Waals surface area contributed by atoms with E-state index in [0.29, 0.717) is 17.7 Å². The molecule has 92 valence electrons. The first kappa shape index (κ1) is 11.0. The minimum atomic E-state index is -1.01. The molecule has 0 aromatic heterocycles. The lowest BCUT2D eigenvalue weighted by Crippen LogP contribution is -2.32. The molecule has 0 radical (unpaired) electrons. The number of carboxylic acid groups (broad SMARTS) is 1. The van der Waals surface area contributed by atoms with Crippen LogP contribution in [-0.4, -0.2) is 22.9 Å². The van der Waals surface area contributed by atoms with E-state index < -0.39 is 5.97 Å². The van der Waals surface area contributed by atoms with Crippen LogP contribution in [0.3, 0.4) is 0 Å². The summed E-state index contributed by atoms with van der Waals surface area (Å²) in [5, 5.41) is 8.93. The number of amides is 2. The van der Waals surface area contributed by atoms with Crippen LogP contribution < -0.4 is 4.90 Å². The number of carboxylic acids is 1. The topological polar surface area (TPSA) is 74.7 Å². The van der Waals surface area contributed by atoms with Crippen LogP contribution in [0.1, 0.15) is 22.3 Å². The molecule has 1 saturated heterocycles. The van der Waals surface area contributed by atoms with Crippen molar-refractivity contribution in [2.24, 2.45) is 11.8 Å². The Morgan fingerprint density at radius 3 is 2.39 bits per heavy atom. The molecule has 5 heteroatoms. The zero-order valence-corrected chi connectivity index (χ0v) is 9.71. The average molecular weight is 245 g/mol. The van der Waals surface area contributed by atoms with Crippen molar-refractivity contribution in [2.75, 3.05) is 4.90 Å². The molecule has 1 saturated carbocycles. The van der Waals surface area contributed by atoms with E-state index in [1.54, 1.807) is 13.0 Å². The van der Waals surface area contributed by atoms with E-state index in [0.717, 1.165) is 0 Å². The monoisotopic (exact) mass is 245 g/mol. The van der Waals surface area contributed by atoms with Crippen molar-refractivity contribution in [1.82, 2.24) is 0 Å². The summed E-state index contributed by atoms with van der Waals surface area (Å²) in [4.78, 5) is 35.8. The van der Waals surface area contributed by atoms with Gasteiger partial charge in [0.25, 0.3) is 0 Å². The molecule has 2 fully saturated rings. The minimum Gasteiger partial charge on any atom is -0.478 e. The molecule has 3 rings (SSSR count). The summed E-state index contributed by atoms with van der Waals surface area (Å²) in [5.41, 5.74) is 1.20. The fourth-order valence-corrected chi connectivity index (χ4v) is 2.46. The van der Waals surface area contributed by atoms with Crippen LogP contribution in [0.15, 0.2) is 18.2 Å². The Hall–Kier alpha value is -2.17. The van der Waals surface area contributed by atoms with Crippen molar-refractivity contribution in [3.63, 3.8) is 0 Å². The summed E-state index contributed by atoms with van der Waals surface area (Å²) in [6.07, 6.45) is 0.667. The van der Waals surface area contributed by atoms with Crippen molar-refractivity contribution >= 4 is 23.5 Å². The van der Waals surface area contributed by atoms with E-state index in [9.17, 15) is 14.4 Å². The Morgan fingerprint density at radius 1 is 1.28 bits per heavy atom. The van der Waals surface area contributed by atoms with Crippen molar-refractivity contribution in [3.8, 4) is 0 Å². The summed E-state index contributed by atoms with van der Waals surface area (Å²) >= 11 is 0. The molecule has 2 aliphatic rings. The Morgan fingerprint density at radius 2 is 1.89 bits per heavy atom. The number of hydrogen-bond donors (Lipinski definition) is 1. The van der Waals surface area contributed by atoms with E-state index in [-0.39, 0.29) is 29.2 Å². The molecule has 1 aromatic rings. The quantitative estimate of drug-likeness (QED) is 0.794. The normalized spacial score (nSPS) is 25.3. The largest absolute Gasteiger partial charge is 0.478 e. The van der Waals surface area contributed by atoms with Crippen LogP contribution in [0.4, 0.5) is 5.69 Å². The molecule has 1 aliphatic heterocycles. The Balaban J connectivity index is 1.99. The van der Waals surface area contributed by atoms with Crippen molar-refractivity contribution in [3.05, 3.63) is 29.3 Å². The van der Waals surface area contributed by atoms with E-state index in [1.165, 1.54) is 17.0 Å². The van der Waals surface area contributed by atoms with Crippen LogP contribution in [0.5, 0.6) is 0 Å². The van der Waals surface area contributed by atoms with E-state index >= 15 is 0 Å². The third kappa shape index (κ3) is 1.37. The molecular formula is C13H11NO4. The number of benzene rings is 1. The number of aromatic carboxylic acids is 1. The number of piperidine rings is 1. The van der Waals surface area contributed by atoms with Gasteiger partial charge in [-0.05, 0) is 37.1 Å². The highest BCUT2D eigenvalue weighted by Gasteiger charge is 2.59. The second-order valence-electron chi connectivity index (χ2n) is 4.76. The standard InChI is InChI=1S/C13H11NO4/c1-6-4-7(2-3-8(6)13(17)18)14-11(15)9-5-10(9)12(14)16/h2-4,9-10H,5H2,1H3,(H,17,18). The van der Waals surface area contributed by atoms with Crippen molar-refractivity contribution in [2.45, 2.75) is 13.3 Å². The van der Waals surface area contributed by atoms with Crippen LogP contribution in [0, 0.1) is 18.8 Å².